The van der Waals surface area contributed by atoms with E-state index in [9.17, 15) is 18.0 Å². The van der Waals surface area contributed by atoms with Crippen LogP contribution >= 0.6 is 23.5 Å². The lowest BCUT2D eigenvalue weighted by Gasteiger charge is -2.37. The fraction of sp³-hybridized carbons (Fsp3) is 0.458. The molecule has 0 bridgehead atoms. The standard InChI is InChI=1S/C24H28F3N3OS2/c1-2-6-23(31)29-14-12-28-16-17(29)7-5-13-30-19-8-3-4-9-21(19)32-22-11-10-18(15-20(22)30)33-24(25,26)27/h3-4,8-11,15,17,28H,2,5-7,12-14,16H2,1H3. The Morgan fingerprint density at radius 1 is 1.18 bits per heavy atom. The second kappa shape index (κ2) is 10.6. The minimum atomic E-state index is -4.32. The average Bonchev–Trinajstić information content (AvgIpc) is 2.78. The van der Waals surface area contributed by atoms with Crippen LogP contribution in [0.25, 0.3) is 0 Å². The van der Waals surface area contributed by atoms with Gasteiger partial charge in [0.15, 0.2) is 0 Å². The van der Waals surface area contributed by atoms with E-state index in [1.54, 1.807) is 30.0 Å². The van der Waals surface area contributed by atoms with E-state index in [0.29, 0.717) is 13.0 Å². The number of carbonyl (C=O) groups is 1. The highest BCUT2D eigenvalue weighted by Gasteiger charge is 2.31. The zero-order chi connectivity index (χ0) is 23.4. The predicted molar refractivity (Wildman–Crippen MR) is 128 cm³/mol. The summed E-state index contributed by atoms with van der Waals surface area (Å²) in [5.41, 5.74) is -2.49. The molecular weight excluding hydrogens is 467 g/mol. The molecule has 4 rings (SSSR count). The molecule has 1 saturated heterocycles. The van der Waals surface area contributed by atoms with Crippen LogP contribution in [-0.4, -0.2) is 48.5 Å². The van der Waals surface area contributed by atoms with E-state index < -0.39 is 5.51 Å². The fourth-order valence-electron chi connectivity index (χ4n) is 4.44. The van der Waals surface area contributed by atoms with Gasteiger partial charge in [0.25, 0.3) is 0 Å². The van der Waals surface area contributed by atoms with Gasteiger partial charge in [-0.2, -0.15) is 13.2 Å². The molecule has 9 heteroatoms. The summed E-state index contributed by atoms with van der Waals surface area (Å²) in [4.78, 5) is 18.9. The maximum Gasteiger partial charge on any atom is 0.446 e. The minimum absolute atomic E-state index is 0.0768. The van der Waals surface area contributed by atoms with Gasteiger partial charge in [-0.05, 0) is 61.4 Å². The Kier molecular flexibility index (Phi) is 7.81. The van der Waals surface area contributed by atoms with E-state index in [2.05, 4.69) is 10.2 Å². The van der Waals surface area contributed by atoms with Crippen LogP contribution in [0.2, 0.25) is 0 Å². The van der Waals surface area contributed by atoms with Crippen LogP contribution in [0.5, 0.6) is 0 Å². The number of benzene rings is 2. The Morgan fingerprint density at radius 2 is 1.97 bits per heavy atom. The lowest BCUT2D eigenvalue weighted by molar-refractivity contribution is -0.134. The summed E-state index contributed by atoms with van der Waals surface area (Å²) in [6.45, 7) is 5.02. The molecule has 178 valence electrons. The van der Waals surface area contributed by atoms with Crippen molar-refractivity contribution < 1.29 is 18.0 Å². The highest BCUT2D eigenvalue weighted by molar-refractivity contribution is 8.00. The van der Waals surface area contributed by atoms with Gasteiger partial charge >= 0.3 is 5.51 Å². The van der Waals surface area contributed by atoms with Crippen LogP contribution < -0.4 is 10.2 Å². The molecule has 0 radical (unpaired) electrons. The Bertz CT molecular complexity index is 986. The van der Waals surface area contributed by atoms with E-state index in [1.807, 2.05) is 36.1 Å². The number of amides is 1. The van der Waals surface area contributed by atoms with Crippen molar-refractivity contribution in [2.45, 2.75) is 58.8 Å². The zero-order valence-electron chi connectivity index (χ0n) is 18.5. The van der Waals surface area contributed by atoms with Gasteiger partial charge in [0.2, 0.25) is 5.91 Å². The van der Waals surface area contributed by atoms with Crippen LogP contribution in [0.3, 0.4) is 0 Å². The minimum Gasteiger partial charge on any atom is -0.340 e. The number of hydrogen-bond acceptors (Lipinski definition) is 5. The van der Waals surface area contributed by atoms with Gasteiger partial charge in [0.1, 0.15) is 0 Å². The summed E-state index contributed by atoms with van der Waals surface area (Å²) >= 11 is 1.51. The van der Waals surface area contributed by atoms with Gasteiger partial charge in [0.05, 0.1) is 11.4 Å². The normalized spacial score (nSPS) is 18.1. The summed E-state index contributed by atoms with van der Waals surface area (Å²) in [5, 5.41) is 3.39. The number of rotatable bonds is 7. The molecule has 2 aliphatic rings. The van der Waals surface area contributed by atoms with Gasteiger partial charge in [-0.25, -0.2) is 0 Å². The number of para-hydroxylation sites is 1. The van der Waals surface area contributed by atoms with Crippen molar-refractivity contribution in [3.05, 3.63) is 42.5 Å². The van der Waals surface area contributed by atoms with E-state index in [1.165, 1.54) is 0 Å². The summed E-state index contributed by atoms with van der Waals surface area (Å²) in [6.07, 6.45) is 3.09. The molecular formula is C24H28F3N3OS2. The number of halogens is 3. The first-order chi connectivity index (χ1) is 15.9. The average molecular weight is 496 g/mol. The first kappa shape index (κ1) is 24.3. The monoisotopic (exact) mass is 495 g/mol. The molecule has 2 aromatic rings. The third kappa shape index (κ3) is 6.00. The summed E-state index contributed by atoms with van der Waals surface area (Å²) in [7, 11) is 0. The number of nitrogens with zero attached hydrogens (tertiary/aromatic N) is 2. The molecule has 0 saturated carbocycles. The number of fused-ring (bicyclic) bond motifs is 2. The molecule has 2 aliphatic heterocycles. The maximum atomic E-state index is 13.0. The second-order valence-corrected chi connectivity index (χ2v) is 10.5. The third-order valence-electron chi connectivity index (χ3n) is 5.88. The first-order valence-corrected chi connectivity index (χ1v) is 12.9. The Hall–Kier alpha value is -1.84. The molecule has 0 aromatic heterocycles. The Balaban J connectivity index is 1.52. The molecule has 1 N–H and O–H groups in total. The fourth-order valence-corrected chi connectivity index (χ4v) is 6.09. The van der Waals surface area contributed by atoms with Crippen LogP contribution in [-0.2, 0) is 4.79 Å². The SMILES string of the molecule is CCCC(=O)N1CCNCC1CCCN1c2ccccc2Sc2ccc(SC(F)(F)F)cc21. The number of nitrogens with one attached hydrogen (secondary N) is 1. The largest absolute Gasteiger partial charge is 0.446 e. The smallest absolute Gasteiger partial charge is 0.340 e. The second-order valence-electron chi connectivity index (χ2n) is 8.24. The molecule has 33 heavy (non-hydrogen) atoms. The summed E-state index contributed by atoms with van der Waals surface area (Å²) < 4.78 is 38.9. The lowest BCUT2D eigenvalue weighted by atomic mass is 10.1. The lowest BCUT2D eigenvalue weighted by Crippen LogP contribution is -2.53. The third-order valence-corrected chi connectivity index (χ3v) is 7.74. The topological polar surface area (TPSA) is 35.6 Å². The zero-order valence-corrected chi connectivity index (χ0v) is 20.2. The molecule has 4 nitrogen and oxygen atoms in total. The molecule has 1 unspecified atom stereocenters. The quantitative estimate of drug-likeness (QED) is 0.457. The Morgan fingerprint density at radius 3 is 2.76 bits per heavy atom. The van der Waals surface area contributed by atoms with E-state index in [4.69, 9.17) is 0 Å². The summed E-state index contributed by atoms with van der Waals surface area (Å²) in [6, 6.07) is 13.1. The van der Waals surface area contributed by atoms with Crippen molar-refractivity contribution in [1.82, 2.24) is 10.2 Å². The molecule has 2 aromatic carbocycles. The summed E-state index contributed by atoms with van der Waals surface area (Å²) in [5.74, 6) is 0.211. The van der Waals surface area contributed by atoms with E-state index in [-0.39, 0.29) is 28.6 Å². The highest BCUT2D eigenvalue weighted by atomic mass is 32.2. The molecule has 1 atom stereocenters. The van der Waals surface area contributed by atoms with Crippen molar-refractivity contribution in [3.8, 4) is 0 Å². The van der Waals surface area contributed by atoms with Crippen molar-refractivity contribution in [2.75, 3.05) is 31.1 Å². The van der Waals surface area contributed by atoms with Gasteiger partial charge in [-0.3, -0.25) is 4.79 Å². The molecule has 2 heterocycles. The number of anilines is 2. The van der Waals surface area contributed by atoms with Crippen LogP contribution in [0.15, 0.2) is 57.2 Å². The van der Waals surface area contributed by atoms with Crippen LogP contribution in [0, 0.1) is 0 Å². The van der Waals surface area contributed by atoms with Gasteiger partial charge in [-0.15, -0.1) is 0 Å². The van der Waals surface area contributed by atoms with Crippen molar-refractivity contribution in [3.63, 3.8) is 0 Å². The van der Waals surface area contributed by atoms with Crippen LogP contribution in [0.4, 0.5) is 24.5 Å². The number of hydrogen-bond donors (Lipinski definition) is 1. The molecule has 1 amide bonds. The number of piperazine rings is 1. The van der Waals surface area contributed by atoms with E-state index in [0.717, 1.165) is 60.1 Å². The van der Waals surface area contributed by atoms with Gasteiger partial charge in [-0.1, -0.05) is 30.8 Å². The number of carbonyl (C=O) groups excluding carboxylic acids is 1. The highest BCUT2D eigenvalue weighted by Crippen LogP contribution is 2.50. The van der Waals surface area contributed by atoms with E-state index >= 15 is 0 Å². The molecule has 1 fully saturated rings. The van der Waals surface area contributed by atoms with Crippen molar-refractivity contribution >= 4 is 40.8 Å². The molecule has 0 aliphatic carbocycles. The predicted octanol–water partition coefficient (Wildman–Crippen LogP) is 6.28. The maximum absolute atomic E-state index is 13.0. The number of alkyl halides is 3. The van der Waals surface area contributed by atoms with Gasteiger partial charge in [0, 0.05) is 53.3 Å². The Labute approximate surface area is 201 Å². The van der Waals surface area contributed by atoms with Crippen LogP contribution in [0.1, 0.15) is 32.6 Å². The van der Waals surface area contributed by atoms with Crippen molar-refractivity contribution in [2.24, 2.45) is 0 Å². The molecule has 0 spiro atoms. The van der Waals surface area contributed by atoms with Gasteiger partial charge < -0.3 is 15.1 Å². The first-order valence-electron chi connectivity index (χ1n) is 11.3. The number of thioether (sulfide) groups is 1. The van der Waals surface area contributed by atoms with Crippen molar-refractivity contribution in [1.29, 1.82) is 0 Å².